The number of carbonyl (C=O) groups excluding carboxylic acids is 2. The summed E-state index contributed by atoms with van der Waals surface area (Å²) in [4.78, 5) is 25.9. The van der Waals surface area contributed by atoms with Gasteiger partial charge in [0, 0.05) is 0 Å². The van der Waals surface area contributed by atoms with Crippen LogP contribution in [0.15, 0.2) is 17.2 Å². The molecule has 0 radical (unpaired) electrons. The van der Waals surface area contributed by atoms with E-state index in [0.29, 0.717) is 19.1 Å². The van der Waals surface area contributed by atoms with Crippen molar-refractivity contribution in [3.63, 3.8) is 0 Å². The maximum atomic E-state index is 11.7. The smallest absolute Gasteiger partial charge is 0.377 e. The van der Waals surface area contributed by atoms with Gasteiger partial charge in [0.1, 0.15) is 5.56 Å². The monoisotopic (exact) mass is 263 g/mol. The highest BCUT2D eigenvalue weighted by atomic mass is 16.6. The van der Waals surface area contributed by atoms with E-state index in [9.17, 15) is 9.59 Å². The van der Waals surface area contributed by atoms with Crippen molar-refractivity contribution in [1.82, 2.24) is 5.16 Å². The van der Waals surface area contributed by atoms with E-state index >= 15 is 0 Å². The third-order valence-electron chi connectivity index (χ3n) is 2.26. The number of allylic oxidation sites excluding steroid dienone is 1. The van der Waals surface area contributed by atoms with Crippen molar-refractivity contribution in [2.75, 3.05) is 6.61 Å². The van der Waals surface area contributed by atoms with Crippen molar-refractivity contribution in [2.45, 2.75) is 19.8 Å². The van der Waals surface area contributed by atoms with Crippen LogP contribution in [0.4, 0.5) is 0 Å². The van der Waals surface area contributed by atoms with Crippen LogP contribution in [0.1, 0.15) is 39.4 Å². The summed E-state index contributed by atoms with van der Waals surface area (Å²) in [5, 5.41) is 3.53. The van der Waals surface area contributed by atoms with Gasteiger partial charge in [-0.25, -0.2) is 4.79 Å². The summed E-state index contributed by atoms with van der Waals surface area (Å²) in [6.45, 7) is 5.23. The third kappa shape index (κ3) is 3.72. The first-order valence-electron chi connectivity index (χ1n) is 5.57. The normalized spacial score (nSPS) is 9.53. The molecule has 0 atom stereocenters. The van der Waals surface area contributed by atoms with Crippen LogP contribution in [0.3, 0.4) is 0 Å². The van der Waals surface area contributed by atoms with Gasteiger partial charge in [-0.05, 0) is 19.8 Å². The van der Waals surface area contributed by atoms with E-state index in [-0.39, 0.29) is 23.6 Å². The standard InChI is InChI=1S/C12H13N3O4/c1-3-4-5-6-18-12(17)11-10(8(2)15-19-11)9(16)7-14-13/h3,7H,1,4-6H2,2H3. The second-order valence-corrected chi connectivity index (χ2v) is 3.65. The zero-order valence-electron chi connectivity index (χ0n) is 10.5. The fourth-order valence-corrected chi connectivity index (χ4v) is 1.37. The SMILES string of the molecule is C=CCCCOC(=O)c1onc(C)c1C(=O)C=[N+]=[N-]. The summed E-state index contributed by atoms with van der Waals surface area (Å²) < 4.78 is 9.71. The van der Waals surface area contributed by atoms with E-state index in [1.807, 2.05) is 0 Å². The number of ether oxygens (including phenoxy) is 1. The number of unbranched alkanes of at least 4 members (excludes halogenated alkanes) is 1. The molecule has 0 spiro atoms. The molecule has 0 bridgehead atoms. The summed E-state index contributed by atoms with van der Waals surface area (Å²) in [6.07, 6.45) is 3.71. The highest BCUT2D eigenvalue weighted by Crippen LogP contribution is 2.15. The Morgan fingerprint density at radius 1 is 1.58 bits per heavy atom. The van der Waals surface area contributed by atoms with Gasteiger partial charge >= 0.3 is 12.2 Å². The van der Waals surface area contributed by atoms with Crippen LogP contribution in [0.2, 0.25) is 0 Å². The number of rotatable bonds is 7. The Balaban J connectivity index is 2.83. The molecule has 0 aliphatic heterocycles. The van der Waals surface area contributed by atoms with Crippen molar-refractivity contribution in [3.8, 4) is 0 Å². The lowest BCUT2D eigenvalue weighted by molar-refractivity contribution is 0.00231. The molecule has 7 heteroatoms. The summed E-state index contributed by atoms with van der Waals surface area (Å²) >= 11 is 0. The van der Waals surface area contributed by atoms with Crippen LogP contribution in [-0.2, 0) is 4.74 Å². The van der Waals surface area contributed by atoms with Crippen LogP contribution in [0.5, 0.6) is 0 Å². The first kappa shape index (κ1) is 14.5. The van der Waals surface area contributed by atoms with Gasteiger partial charge in [-0.15, -0.1) is 6.58 Å². The lowest BCUT2D eigenvalue weighted by atomic mass is 10.1. The van der Waals surface area contributed by atoms with Gasteiger partial charge in [0.25, 0.3) is 11.5 Å². The second-order valence-electron chi connectivity index (χ2n) is 3.65. The Bertz CT molecular complexity index is 541. The van der Waals surface area contributed by atoms with Crippen molar-refractivity contribution < 1.29 is 23.6 Å². The number of aryl methyl sites for hydroxylation is 1. The Morgan fingerprint density at radius 2 is 2.32 bits per heavy atom. The van der Waals surface area contributed by atoms with Gasteiger partial charge in [-0.3, -0.25) is 4.79 Å². The predicted octanol–water partition coefficient (Wildman–Crippen LogP) is 1.59. The minimum absolute atomic E-state index is 0.0634. The first-order chi connectivity index (χ1) is 9.11. The first-order valence-corrected chi connectivity index (χ1v) is 5.57. The number of ketones is 1. The number of Topliss-reactive ketones (excluding diaryl/α,β-unsaturated/α-hetero) is 1. The molecule has 1 rings (SSSR count). The molecular weight excluding hydrogens is 250 g/mol. The van der Waals surface area contributed by atoms with Gasteiger partial charge in [0.05, 0.1) is 12.3 Å². The molecule has 100 valence electrons. The van der Waals surface area contributed by atoms with Crippen molar-refractivity contribution in [1.29, 1.82) is 0 Å². The third-order valence-corrected chi connectivity index (χ3v) is 2.26. The molecule has 0 aromatic carbocycles. The van der Waals surface area contributed by atoms with Crippen LogP contribution < -0.4 is 0 Å². The van der Waals surface area contributed by atoms with E-state index in [4.69, 9.17) is 14.8 Å². The van der Waals surface area contributed by atoms with E-state index < -0.39 is 11.8 Å². The van der Waals surface area contributed by atoms with E-state index in [2.05, 4.69) is 16.5 Å². The number of hydrogen-bond donors (Lipinski definition) is 0. The van der Waals surface area contributed by atoms with E-state index in [1.54, 1.807) is 6.08 Å². The number of nitrogens with zero attached hydrogens (tertiary/aromatic N) is 3. The topological polar surface area (TPSA) is 106 Å². The molecule has 0 aliphatic rings. The quantitative estimate of drug-likeness (QED) is 0.141. The van der Waals surface area contributed by atoms with Crippen LogP contribution in [0.25, 0.3) is 5.53 Å². The maximum Gasteiger partial charge on any atom is 0.377 e. The van der Waals surface area contributed by atoms with Crippen LogP contribution >= 0.6 is 0 Å². The average molecular weight is 263 g/mol. The van der Waals surface area contributed by atoms with E-state index in [0.717, 1.165) is 0 Å². The minimum Gasteiger partial charge on any atom is -0.460 e. The Hall–Kier alpha value is -2.53. The molecule has 0 aliphatic carbocycles. The highest BCUT2D eigenvalue weighted by Gasteiger charge is 2.27. The Kier molecular flexibility index (Phi) is 5.37. The number of esters is 1. The molecule has 0 amide bonds. The van der Waals surface area contributed by atoms with Gasteiger partial charge in [0.2, 0.25) is 0 Å². The largest absolute Gasteiger partial charge is 0.460 e. The number of carbonyl (C=O) groups is 2. The lowest BCUT2D eigenvalue weighted by Crippen LogP contribution is -2.12. The van der Waals surface area contributed by atoms with Crippen molar-refractivity contribution in [3.05, 3.63) is 35.2 Å². The maximum absolute atomic E-state index is 11.7. The number of hydrogen-bond acceptors (Lipinski definition) is 5. The Morgan fingerprint density at radius 3 is 2.95 bits per heavy atom. The summed E-state index contributed by atoms with van der Waals surface area (Å²) in [6, 6.07) is 0. The van der Waals surface area contributed by atoms with Gasteiger partial charge in [-0.1, -0.05) is 11.2 Å². The average Bonchev–Trinajstić information content (AvgIpc) is 2.77. The second kappa shape index (κ2) is 7.03. The fourth-order valence-electron chi connectivity index (χ4n) is 1.37. The lowest BCUT2D eigenvalue weighted by Gasteiger charge is -2.01. The zero-order valence-corrected chi connectivity index (χ0v) is 10.5. The fraction of sp³-hybridized carbons (Fsp3) is 0.333. The van der Waals surface area contributed by atoms with Gasteiger partial charge < -0.3 is 14.8 Å². The van der Waals surface area contributed by atoms with Crippen LogP contribution in [0, 0.1) is 6.92 Å². The number of aromatic nitrogens is 1. The van der Waals surface area contributed by atoms with Crippen LogP contribution in [-0.4, -0.2) is 34.5 Å². The summed E-state index contributed by atoms with van der Waals surface area (Å²) in [7, 11) is 0. The van der Waals surface area contributed by atoms with Gasteiger partial charge in [0.15, 0.2) is 0 Å². The Labute approximate surface area is 109 Å². The molecule has 1 aromatic heterocycles. The minimum atomic E-state index is -0.778. The van der Waals surface area contributed by atoms with E-state index in [1.165, 1.54) is 6.92 Å². The zero-order chi connectivity index (χ0) is 14.3. The molecule has 1 aromatic rings. The highest BCUT2D eigenvalue weighted by molar-refractivity contribution is 6.35. The van der Waals surface area contributed by atoms with Gasteiger partial charge in [-0.2, -0.15) is 4.79 Å². The molecule has 0 unspecified atom stereocenters. The van der Waals surface area contributed by atoms with Crippen molar-refractivity contribution in [2.24, 2.45) is 0 Å². The molecule has 1 heterocycles. The predicted molar refractivity (Wildman–Crippen MR) is 65.0 cm³/mol. The molecule has 0 saturated carbocycles. The molecule has 0 N–H and O–H groups in total. The molecule has 0 fully saturated rings. The summed E-state index contributed by atoms with van der Waals surface area (Å²) in [5.74, 6) is -1.75. The molecule has 19 heavy (non-hydrogen) atoms. The molecule has 7 nitrogen and oxygen atoms in total. The molecule has 0 saturated heterocycles. The summed E-state index contributed by atoms with van der Waals surface area (Å²) in [5.41, 5.74) is 8.49. The molecular formula is C12H13N3O4. The van der Waals surface area contributed by atoms with Crippen molar-refractivity contribution >= 4 is 18.0 Å².